The van der Waals surface area contributed by atoms with E-state index in [0.29, 0.717) is 18.8 Å². The zero-order chi connectivity index (χ0) is 13.8. The van der Waals surface area contributed by atoms with Gasteiger partial charge in [0.25, 0.3) is 0 Å². The van der Waals surface area contributed by atoms with Crippen molar-refractivity contribution in [3.8, 4) is 0 Å². The Kier molecular flexibility index (Phi) is 4.27. The molecule has 3 amide bonds. The maximum atomic E-state index is 11.7. The number of alkyl halides is 1. The second-order valence-corrected chi connectivity index (χ2v) is 4.78. The lowest BCUT2D eigenvalue weighted by atomic mass is 10.2. The number of carbonyl (C=O) groups excluding carboxylic acids is 2. The highest BCUT2D eigenvalue weighted by Gasteiger charge is 2.20. The fourth-order valence-electron chi connectivity index (χ4n) is 1.78. The van der Waals surface area contributed by atoms with Crippen molar-refractivity contribution in [1.82, 2.24) is 5.32 Å². The van der Waals surface area contributed by atoms with Gasteiger partial charge in [0.2, 0.25) is 5.91 Å². The smallest absolute Gasteiger partial charge is 0.321 e. The third kappa shape index (κ3) is 3.17. The Morgan fingerprint density at radius 3 is 2.68 bits per heavy atom. The number of amides is 3. The first-order valence-corrected chi connectivity index (χ1v) is 6.67. The summed E-state index contributed by atoms with van der Waals surface area (Å²) in [6.45, 7) is 3.09. The maximum Gasteiger partial charge on any atom is 0.321 e. The molecule has 1 aliphatic rings. The van der Waals surface area contributed by atoms with Crippen LogP contribution < -0.4 is 15.5 Å². The molecule has 1 fully saturated rings. The molecule has 0 saturated carbocycles. The minimum Gasteiger partial charge on any atom is -0.336 e. The number of hydrogen-bond acceptors (Lipinski definition) is 2. The molecule has 2 rings (SSSR count). The van der Waals surface area contributed by atoms with Gasteiger partial charge < -0.3 is 10.6 Å². The summed E-state index contributed by atoms with van der Waals surface area (Å²) in [4.78, 5) is 24.8. The predicted octanol–water partition coefficient (Wildman–Crippen LogP) is 2.03. The van der Waals surface area contributed by atoms with Crippen LogP contribution >= 0.6 is 11.6 Å². The van der Waals surface area contributed by atoms with Crippen molar-refractivity contribution >= 4 is 34.9 Å². The van der Waals surface area contributed by atoms with Crippen LogP contribution in [-0.4, -0.2) is 30.9 Å². The Labute approximate surface area is 116 Å². The van der Waals surface area contributed by atoms with Gasteiger partial charge in [0.15, 0.2) is 0 Å². The van der Waals surface area contributed by atoms with Gasteiger partial charge in [-0.3, -0.25) is 9.69 Å². The van der Waals surface area contributed by atoms with Gasteiger partial charge in [-0.25, -0.2) is 4.79 Å². The van der Waals surface area contributed by atoms with Crippen LogP contribution in [0.5, 0.6) is 0 Å². The average Bonchev–Trinajstić information content (AvgIpc) is 2.85. The third-order valence-electron chi connectivity index (χ3n) is 2.98. The van der Waals surface area contributed by atoms with Crippen LogP contribution in [0.3, 0.4) is 0 Å². The van der Waals surface area contributed by atoms with E-state index < -0.39 is 0 Å². The monoisotopic (exact) mass is 281 g/mol. The molecule has 1 heterocycles. The van der Waals surface area contributed by atoms with Crippen LogP contribution in [0.25, 0.3) is 0 Å². The number of nitrogens with one attached hydrogen (secondary N) is 2. The second kappa shape index (κ2) is 5.93. The molecule has 0 aliphatic carbocycles. The van der Waals surface area contributed by atoms with Crippen molar-refractivity contribution < 1.29 is 9.59 Å². The van der Waals surface area contributed by atoms with E-state index in [1.807, 2.05) is 12.1 Å². The van der Waals surface area contributed by atoms with Crippen molar-refractivity contribution in [2.75, 3.05) is 29.2 Å². The van der Waals surface area contributed by atoms with Crippen molar-refractivity contribution in [2.45, 2.75) is 6.92 Å². The van der Waals surface area contributed by atoms with Gasteiger partial charge >= 0.3 is 6.03 Å². The first-order chi connectivity index (χ1) is 9.11. The number of benzene rings is 1. The van der Waals surface area contributed by atoms with E-state index >= 15 is 0 Å². The highest BCUT2D eigenvalue weighted by Crippen LogP contribution is 2.19. The van der Waals surface area contributed by atoms with Crippen molar-refractivity contribution in [2.24, 2.45) is 5.92 Å². The largest absolute Gasteiger partial charge is 0.336 e. The molecule has 2 N–H and O–H groups in total. The topological polar surface area (TPSA) is 61.4 Å². The van der Waals surface area contributed by atoms with Crippen LogP contribution in [0.2, 0.25) is 0 Å². The normalized spacial score (nSPS) is 16.1. The van der Waals surface area contributed by atoms with E-state index in [4.69, 9.17) is 11.6 Å². The molecular formula is C13H16ClN3O2. The average molecular weight is 282 g/mol. The minimum atomic E-state index is -0.231. The summed E-state index contributed by atoms with van der Waals surface area (Å²) in [5.74, 6) is -0.0508. The highest BCUT2D eigenvalue weighted by molar-refractivity contribution is 6.19. The summed E-state index contributed by atoms with van der Waals surface area (Å²) in [5.41, 5.74) is 1.52. The molecule has 1 saturated heterocycles. The second-order valence-electron chi connectivity index (χ2n) is 4.48. The lowest BCUT2D eigenvalue weighted by Gasteiger charge is -2.15. The summed E-state index contributed by atoms with van der Waals surface area (Å²) >= 11 is 5.63. The quantitative estimate of drug-likeness (QED) is 0.830. The molecule has 1 aromatic carbocycles. The number of rotatable bonds is 4. The van der Waals surface area contributed by atoms with Crippen LogP contribution in [-0.2, 0) is 4.79 Å². The first kappa shape index (κ1) is 13.7. The van der Waals surface area contributed by atoms with Crippen molar-refractivity contribution in [3.63, 3.8) is 0 Å². The van der Waals surface area contributed by atoms with Gasteiger partial charge in [-0.2, -0.15) is 0 Å². The summed E-state index contributed by atoms with van der Waals surface area (Å²) in [7, 11) is 0. The Balaban J connectivity index is 2.02. The van der Waals surface area contributed by atoms with Gasteiger partial charge in [-0.15, -0.1) is 11.6 Å². The molecule has 1 aromatic rings. The molecule has 6 heteroatoms. The van der Waals surface area contributed by atoms with Crippen LogP contribution in [0, 0.1) is 5.92 Å². The Hall–Kier alpha value is -1.75. The minimum absolute atomic E-state index is 0.0902. The molecule has 0 spiro atoms. The molecule has 5 nitrogen and oxygen atoms in total. The van der Waals surface area contributed by atoms with Crippen molar-refractivity contribution in [1.29, 1.82) is 0 Å². The molecule has 1 aliphatic heterocycles. The standard InChI is InChI=1S/C13H16ClN3O2/c1-9(8-14)12(18)16-10-2-4-11(5-3-10)17-7-6-15-13(17)19/h2-5,9H,6-8H2,1H3,(H,15,19)(H,16,18). The number of nitrogens with zero attached hydrogens (tertiary/aromatic N) is 1. The lowest BCUT2D eigenvalue weighted by Crippen LogP contribution is -2.27. The third-order valence-corrected chi connectivity index (χ3v) is 3.45. The zero-order valence-corrected chi connectivity index (χ0v) is 11.4. The molecule has 1 unspecified atom stereocenters. The molecule has 19 heavy (non-hydrogen) atoms. The number of hydrogen-bond donors (Lipinski definition) is 2. The van der Waals surface area contributed by atoms with E-state index in [2.05, 4.69) is 10.6 Å². The SMILES string of the molecule is CC(CCl)C(=O)Nc1ccc(N2CCNC2=O)cc1. The molecule has 102 valence electrons. The van der Waals surface area contributed by atoms with Gasteiger partial charge in [0.1, 0.15) is 0 Å². The summed E-state index contributed by atoms with van der Waals surface area (Å²) < 4.78 is 0. The van der Waals surface area contributed by atoms with Gasteiger partial charge in [-0.05, 0) is 24.3 Å². The van der Waals surface area contributed by atoms with E-state index in [-0.39, 0.29) is 23.7 Å². The van der Waals surface area contributed by atoms with Crippen LogP contribution in [0.1, 0.15) is 6.92 Å². The fourth-order valence-corrected chi connectivity index (χ4v) is 1.92. The van der Waals surface area contributed by atoms with Gasteiger partial charge in [0.05, 0.1) is 0 Å². The number of halogens is 1. The van der Waals surface area contributed by atoms with Crippen LogP contribution in [0.4, 0.5) is 16.2 Å². The first-order valence-electron chi connectivity index (χ1n) is 6.14. The van der Waals surface area contributed by atoms with E-state index in [0.717, 1.165) is 5.69 Å². The number of urea groups is 1. The predicted molar refractivity (Wildman–Crippen MR) is 75.7 cm³/mol. The molecule has 0 radical (unpaired) electrons. The number of anilines is 2. The fraction of sp³-hybridized carbons (Fsp3) is 0.385. The number of carbonyl (C=O) groups is 2. The Morgan fingerprint density at radius 2 is 2.16 bits per heavy atom. The Bertz CT molecular complexity index is 475. The molecule has 0 bridgehead atoms. The maximum absolute atomic E-state index is 11.7. The Morgan fingerprint density at radius 1 is 1.47 bits per heavy atom. The van der Waals surface area contributed by atoms with Crippen molar-refractivity contribution in [3.05, 3.63) is 24.3 Å². The van der Waals surface area contributed by atoms with E-state index in [1.54, 1.807) is 24.0 Å². The molecule has 0 aromatic heterocycles. The van der Waals surface area contributed by atoms with E-state index in [1.165, 1.54) is 0 Å². The molecular weight excluding hydrogens is 266 g/mol. The highest BCUT2D eigenvalue weighted by atomic mass is 35.5. The summed E-state index contributed by atoms with van der Waals surface area (Å²) in [6, 6.07) is 7.09. The zero-order valence-electron chi connectivity index (χ0n) is 10.6. The molecule has 1 atom stereocenters. The van der Waals surface area contributed by atoms with Crippen LogP contribution in [0.15, 0.2) is 24.3 Å². The van der Waals surface area contributed by atoms with E-state index in [9.17, 15) is 9.59 Å². The summed E-state index contributed by atoms with van der Waals surface area (Å²) in [6.07, 6.45) is 0. The lowest BCUT2D eigenvalue weighted by molar-refractivity contribution is -0.118. The van der Waals surface area contributed by atoms with Gasteiger partial charge in [0, 0.05) is 36.3 Å². The summed E-state index contributed by atoms with van der Waals surface area (Å²) in [5, 5.41) is 5.52. The van der Waals surface area contributed by atoms with Gasteiger partial charge in [-0.1, -0.05) is 6.92 Å².